The lowest BCUT2D eigenvalue weighted by molar-refractivity contribution is 0.112. The number of halogens is 1. The first-order valence-electron chi connectivity index (χ1n) is 3.44. The molecule has 0 saturated heterocycles. The molecule has 1 nitrogen and oxygen atoms in total. The molecule has 60 valence electrons. The Kier molecular flexibility index (Phi) is 2.14. The van der Waals surface area contributed by atoms with Crippen molar-refractivity contribution in [3.63, 3.8) is 0 Å². The molecular weight excluding hydrogens is 283 g/mol. The molecule has 0 atom stereocenters. The number of benzene rings is 1. The average molecular weight is 288 g/mol. The third kappa shape index (κ3) is 1.38. The van der Waals surface area contributed by atoms with Gasteiger partial charge in [0.2, 0.25) is 0 Å². The number of carbonyl (C=O) groups is 1. The molecular formula is C9H5IOS. The van der Waals surface area contributed by atoms with Crippen LogP contribution in [0, 0.1) is 2.88 Å². The fourth-order valence-corrected chi connectivity index (χ4v) is 2.97. The van der Waals surface area contributed by atoms with Crippen molar-refractivity contribution in [2.45, 2.75) is 0 Å². The zero-order valence-corrected chi connectivity index (χ0v) is 9.06. The van der Waals surface area contributed by atoms with Crippen molar-refractivity contribution < 1.29 is 4.79 Å². The minimum absolute atomic E-state index is 0.751. The van der Waals surface area contributed by atoms with E-state index in [0.29, 0.717) is 0 Å². The summed E-state index contributed by atoms with van der Waals surface area (Å²) in [5.41, 5.74) is 0.751. The van der Waals surface area contributed by atoms with E-state index in [4.69, 9.17) is 0 Å². The van der Waals surface area contributed by atoms with Crippen LogP contribution < -0.4 is 0 Å². The molecule has 0 saturated carbocycles. The van der Waals surface area contributed by atoms with Crippen molar-refractivity contribution in [2.24, 2.45) is 0 Å². The zero-order valence-electron chi connectivity index (χ0n) is 6.08. The molecule has 0 unspecified atom stereocenters. The Morgan fingerprint density at radius 3 is 2.92 bits per heavy atom. The van der Waals surface area contributed by atoms with Crippen LogP contribution in [0.25, 0.3) is 10.1 Å². The number of aldehydes is 1. The molecule has 12 heavy (non-hydrogen) atoms. The molecule has 0 spiro atoms. The quantitative estimate of drug-likeness (QED) is 0.581. The van der Waals surface area contributed by atoms with Gasteiger partial charge in [-0.3, -0.25) is 4.79 Å². The van der Waals surface area contributed by atoms with E-state index < -0.39 is 0 Å². The van der Waals surface area contributed by atoms with Gasteiger partial charge in [-0.25, -0.2) is 0 Å². The first-order chi connectivity index (χ1) is 5.79. The third-order valence-electron chi connectivity index (χ3n) is 1.65. The zero-order chi connectivity index (χ0) is 8.55. The molecule has 0 N–H and O–H groups in total. The van der Waals surface area contributed by atoms with Crippen LogP contribution in [0.15, 0.2) is 24.3 Å². The van der Waals surface area contributed by atoms with E-state index in [0.717, 1.165) is 11.8 Å². The molecule has 0 fully saturated rings. The summed E-state index contributed by atoms with van der Waals surface area (Å²) in [5, 5.41) is 1.22. The number of hydrogen-bond acceptors (Lipinski definition) is 2. The summed E-state index contributed by atoms with van der Waals surface area (Å²) in [6, 6.07) is 7.88. The first-order valence-corrected chi connectivity index (χ1v) is 5.33. The van der Waals surface area contributed by atoms with Crippen LogP contribution in [0.5, 0.6) is 0 Å². The Morgan fingerprint density at radius 1 is 1.33 bits per heavy atom. The number of carbonyl (C=O) groups excluding carboxylic acids is 1. The normalized spacial score (nSPS) is 10.4. The Labute approximate surface area is 87.5 Å². The Morgan fingerprint density at radius 2 is 2.17 bits per heavy atom. The standard InChI is InChI=1S/C9H5IOS/c10-9-4-7-2-1-6(5-11)3-8(7)12-9/h1-5H. The lowest BCUT2D eigenvalue weighted by Crippen LogP contribution is -1.75. The second kappa shape index (κ2) is 3.14. The van der Waals surface area contributed by atoms with Crippen LogP contribution in [-0.2, 0) is 0 Å². The topological polar surface area (TPSA) is 17.1 Å². The molecule has 1 aromatic carbocycles. The predicted molar refractivity (Wildman–Crippen MR) is 59.9 cm³/mol. The van der Waals surface area contributed by atoms with Crippen molar-refractivity contribution >= 4 is 50.3 Å². The lowest BCUT2D eigenvalue weighted by Gasteiger charge is -1.89. The fourth-order valence-electron chi connectivity index (χ4n) is 1.09. The molecule has 0 radical (unpaired) electrons. The molecule has 0 amide bonds. The highest BCUT2D eigenvalue weighted by atomic mass is 127. The van der Waals surface area contributed by atoms with Crippen LogP contribution in [0.3, 0.4) is 0 Å². The number of rotatable bonds is 1. The van der Waals surface area contributed by atoms with E-state index in [-0.39, 0.29) is 0 Å². The van der Waals surface area contributed by atoms with Crippen LogP contribution in [0.1, 0.15) is 10.4 Å². The fraction of sp³-hybridized carbons (Fsp3) is 0. The van der Waals surface area contributed by atoms with Crippen molar-refractivity contribution in [1.29, 1.82) is 0 Å². The third-order valence-corrected chi connectivity index (χ3v) is 3.51. The van der Waals surface area contributed by atoms with Gasteiger partial charge in [-0.05, 0) is 40.1 Å². The first kappa shape index (κ1) is 8.19. The summed E-state index contributed by atoms with van der Waals surface area (Å²) in [6.45, 7) is 0. The molecule has 2 rings (SSSR count). The summed E-state index contributed by atoms with van der Waals surface area (Å²) >= 11 is 4.00. The Hall–Kier alpha value is -0.420. The number of thiophene rings is 1. The van der Waals surface area contributed by atoms with E-state index >= 15 is 0 Å². The maximum atomic E-state index is 10.5. The molecule has 0 aliphatic heterocycles. The van der Waals surface area contributed by atoms with Gasteiger partial charge < -0.3 is 0 Å². The minimum atomic E-state index is 0.751. The second-order valence-electron chi connectivity index (χ2n) is 2.47. The Balaban J connectivity index is 2.74. The van der Waals surface area contributed by atoms with Gasteiger partial charge in [0, 0.05) is 10.3 Å². The van der Waals surface area contributed by atoms with E-state index in [1.54, 1.807) is 11.3 Å². The second-order valence-corrected chi connectivity index (χ2v) is 5.44. The SMILES string of the molecule is O=Cc1ccc2cc(I)sc2c1. The Bertz CT molecular complexity index is 433. The van der Waals surface area contributed by atoms with Crippen LogP contribution in [-0.4, -0.2) is 6.29 Å². The van der Waals surface area contributed by atoms with Crippen LogP contribution >= 0.6 is 33.9 Å². The van der Waals surface area contributed by atoms with E-state index in [1.807, 2.05) is 18.2 Å². The molecule has 3 heteroatoms. The van der Waals surface area contributed by atoms with Gasteiger partial charge >= 0.3 is 0 Å². The van der Waals surface area contributed by atoms with Gasteiger partial charge in [0.25, 0.3) is 0 Å². The maximum Gasteiger partial charge on any atom is 0.150 e. The van der Waals surface area contributed by atoms with Gasteiger partial charge in [-0.2, -0.15) is 0 Å². The highest BCUT2D eigenvalue weighted by molar-refractivity contribution is 14.1. The molecule has 1 aromatic heterocycles. The number of fused-ring (bicyclic) bond motifs is 1. The summed E-state index contributed by atoms with van der Waals surface area (Å²) in [7, 11) is 0. The van der Waals surface area contributed by atoms with E-state index in [1.165, 1.54) is 13.0 Å². The van der Waals surface area contributed by atoms with E-state index in [2.05, 4.69) is 28.7 Å². The minimum Gasteiger partial charge on any atom is -0.298 e. The van der Waals surface area contributed by atoms with Crippen molar-refractivity contribution in [2.75, 3.05) is 0 Å². The molecule has 0 aliphatic carbocycles. The highest BCUT2D eigenvalue weighted by Gasteiger charge is 1.99. The van der Waals surface area contributed by atoms with Gasteiger partial charge in [0.1, 0.15) is 6.29 Å². The largest absolute Gasteiger partial charge is 0.298 e. The van der Waals surface area contributed by atoms with Gasteiger partial charge in [-0.1, -0.05) is 12.1 Å². The summed E-state index contributed by atoms with van der Waals surface area (Å²) in [6.07, 6.45) is 0.881. The predicted octanol–water partition coefficient (Wildman–Crippen LogP) is 3.32. The highest BCUT2D eigenvalue weighted by Crippen LogP contribution is 2.27. The van der Waals surface area contributed by atoms with E-state index in [9.17, 15) is 4.79 Å². The monoisotopic (exact) mass is 288 g/mol. The molecule has 0 aliphatic rings. The summed E-state index contributed by atoms with van der Waals surface area (Å²) in [5.74, 6) is 0. The average Bonchev–Trinajstić information content (AvgIpc) is 2.43. The van der Waals surface area contributed by atoms with Crippen LogP contribution in [0.4, 0.5) is 0 Å². The van der Waals surface area contributed by atoms with Gasteiger partial charge in [0.15, 0.2) is 0 Å². The van der Waals surface area contributed by atoms with Crippen molar-refractivity contribution in [3.05, 3.63) is 32.7 Å². The maximum absolute atomic E-state index is 10.5. The van der Waals surface area contributed by atoms with Gasteiger partial charge in [0.05, 0.1) is 2.88 Å². The smallest absolute Gasteiger partial charge is 0.150 e. The summed E-state index contributed by atoms with van der Waals surface area (Å²) < 4.78 is 2.44. The summed E-state index contributed by atoms with van der Waals surface area (Å²) in [4.78, 5) is 10.5. The molecule has 1 heterocycles. The molecule has 2 aromatic rings. The number of hydrogen-bond donors (Lipinski definition) is 0. The van der Waals surface area contributed by atoms with Gasteiger partial charge in [-0.15, -0.1) is 11.3 Å². The molecule has 0 bridgehead atoms. The van der Waals surface area contributed by atoms with Crippen molar-refractivity contribution in [1.82, 2.24) is 0 Å². The lowest BCUT2D eigenvalue weighted by atomic mass is 10.2. The van der Waals surface area contributed by atoms with Crippen molar-refractivity contribution in [3.8, 4) is 0 Å². The van der Waals surface area contributed by atoms with Crippen LogP contribution in [0.2, 0.25) is 0 Å².